The molecule has 5 heteroatoms. The highest BCUT2D eigenvalue weighted by Crippen LogP contribution is 2.18. The van der Waals surface area contributed by atoms with Gasteiger partial charge in [0.1, 0.15) is 0 Å². The predicted molar refractivity (Wildman–Crippen MR) is 75.3 cm³/mol. The van der Waals surface area contributed by atoms with E-state index in [9.17, 15) is 13.6 Å². The lowest BCUT2D eigenvalue weighted by Crippen LogP contribution is -2.34. The van der Waals surface area contributed by atoms with Crippen LogP contribution in [0.25, 0.3) is 0 Å². The van der Waals surface area contributed by atoms with Crippen molar-refractivity contribution in [2.24, 2.45) is 0 Å². The van der Waals surface area contributed by atoms with Crippen molar-refractivity contribution in [1.29, 1.82) is 0 Å². The molecule has 0 aliphatic carbocycles. The van der Waals surface area contributed by atoms with Crippen LogP contribution >= 0.6 is 0 Å². The van der Waals surface area contributed by atoms with Crippen molar-refractivity contribution in [2.45, 2.75) is 45.7 Å². The summed E-state index contributed by atoms with van der Waals surface area (Å²) in [6, 6.07) is 3.91. The van der Waals surface area contributed by atoms with E-state index in [0.29, 0.717) is 13.0 Å². The summed E-state index contributed by atoms with van der Waals surface area (Å²) in [5.41, 5.74) is 0.271. The molecule has 112 valence electrons. The Morgan fingerprint density at radius 1 is 1.30 bits per heavy atom. The maximum absolute atomic E-state index is 13.6. The number of carbonyl (C=O) groups is 1. The van der Waals surface area contributed by atoms with Gasteiger partial charge in [-0.15, -0.1) is 0 Å². The minimum absolute atomic E-state index is 0.0428. The van der Waals surface area contributed by atoms with E-state index >= 15 is 0 Å². The van der Waals surface area contributed by atoms with Gasteiger partial charge in [0.05, 0.1) is 0 Å². The number of rotatable bonds is 7. The van der Waals surface area contributed by atoms with Crippen molar-refractivity contribution in [1.82, 2.24) is 10.6 Å². The third-order valence-electron chi connectivity index (χ3n) is 3.27. The van der Waals surface area contributed by atoms with Gasteiger partial charge in [0, 0.05) is 30.6 Å². The smallest absolute Gasteiger partial charge is 0.221 e. The highest BCUT2D eigenvalue weighted by Gasteiger charge is 2.14. The first kappa shape index (κ1) is 16.6. The first-order valence-corrected chi connectivity index (χ1v) is 6.92. The van der Waals surface area contributed by atoms with E-state index < -0.39 is 11.6 Å². The summed E-state index contributed by atoms with van der Waals surface area (Å²) in [5, 5.41) is 5.87. The molecule has 0 aromatic heterocycles. The fourth-order valence-corrected chi connectivity index (χ4v) is 1.82. The zero-order chi connectivity index (χ0) is 15.1. The van der Waals surface area contributed by atoms with Crippen LogP contribution in [-0.2, 0) is 4.79 Å². The zero-order valence-electron chi connectivity index (χ0n) is 12.2. The molecule has 20 heavy (non-hydrogen) atoms. The topological polar surface area (TPSA) is 41.1 Å². The second-order valence-corrected chi connectivity index (χ2v) is 4.95. The van der Waals surface area contributed by atoms with Gasteiger partial charge >= 0.3 is 0 Å². The summed E-state index contributed by atoms with van der Waals surface area (Å²) in [5.74, 6) is -1.74. The Bertz CT molecular complexity index is 451. The number of carbonyl (C=O) groups excluding carboxylic acids is 1. The van der Waals surface area contributed by atoms with E-state index in [1.165, 1.54) is 12.1 Å². The molecule has 1 aromatic carbocycles. The van der Waals surface area contributed by atoms with Crippen LogP contribution in [0, 0.1) is 11.6 Å². The van der Waals surface area contributed by atoms with Gasteiger partial charge in [0.15, 0.2) is 11.6 Å². The molecule has 0 radical (unpaired) electrons. The lowest BCUT2D eigenvalue weighted by Gasteiger charge is -2.16. The molecule has 2 atom stereocenters. The Kier molecular flexibility index (Phi) is 6.58. The minimum Gasteiger partial charge on any atom is -0.354 e. The quantitative estimate of drug-likeness (QED) is 0.808. The molecular weight excluding hydrogens is 262 g/mol. The summed E-state index contributed by atoms with van der Waals surface area (Å²) in [6.07, 6.45) is 1.19. The van der Waals surface area contributed by atoms with Crippen LogP contribution in [0.1, 0.15) is 45.2 Å². The lowest BCUT2D eigenvalue weighted by atomic mass is 10.1. The Labute approximate surface area is 118 Å². The fraction of sp³-hybridized carbons (Fsp3) is 0.533. The molecular formula is C15H22F2N2O. The van der Waals surface area contributed by atoms with Crippen molar-refractivity contribution in [3.8, 4) is 0 Å². The molecule has 1 amide bonds. The number of amides is 1. The summed E-state index contributed by atoms with van der Waals surface area (Å²) < 4.78 is 26.7. The monoisotopic (exact) mass is 284 g/mol. The Hall–Kier alpha value is -1.49. The van der Waals surface area contributed by atoms with E-state index in [2.05, 4.69) is 10.6 Å². The second-order valence-electron chi connectivity index (χ2n) is 4.95. The van der Waals surface area contributed by atoms with E-state index in [4.69, 9.17) is 0 Å². The average molecular weight is 284 g/mol. The first-order valence-electron chi connectivity index (χ1n) is 6.92. The van der Waals surface area contributed by atoms with Crippen molar-refractivity contribution >= 4 is 5.91 Å². The molecule has 0 heterocycles. The molecule has 0 saturated heterocycles. The molecule has 0 aliphatic heterocycles. The molecule has 2 unspecified atom stereocenters. The van der Waals surface area contributed by atoms with Gasteiger partial charge in [-0.2, -0.15) is 0 Å². The van der Waals surface area contributed by atoms with Crippen LogP contribution in [-0.4, -0.2) is 18.5 Å². The minimum atomic E-state index is -0.856. The number of halogens is 2. The van der Waals surface area contributed by atoms with E-state index in [0.717, 1.165) is 12.5 Å². The van der Waals surface area contributed by atoms with Crippen LogP contribution in [0.2, 0.25) is 0 Å². The molecule has 0 spiro atoms. The fourth-order valence-electron chi connectivity index (χ4n) is 1.82. The number of hydrogen-bond acceptors (Lipinski definition) is 2. The Morgan fingerprint density at radius 2 is 2.00 bits per heavy atom. The van der Waals surface area contributed by atoms with Crippen molar-refractivity contribution in [2.75, 3.05) is 6.54 Å². The second kappa shape index (κ2) is 7.94. The molecule has 2 N–H and O–H groups in total. The number of benzene rings is 1. The van der Waals surface area contributed by atoms with Crippen molar-refractivity contribution in [3.63, 3.8) is 0 Å². The normalized spacial score (nSPS) is 13.8. The lowest BCUT2D eigenvalue weighted by molar-refractivity contribution is -0.121. The molecule has 0 fully saturated rings. The zero-order valence-corrected chi connectivity index (χ0v) is 12.2. The van der Waals surface area contributed by atoms with Crippen LogP contribution in [0.15, 0.2) is 18.2 Å². The summed E-state index contributed by atoms with van der Waals surface area (Å²) in [7, 11) is 0. The third kappa shape index (κ3) is 4.89. The van der Waals surface area contributed by atoms with Crippen LogP contribution < -0.4 is 10.6 Å². The predicted octanol–water partition coefficient (Wildman–Crippen LogP) is 2.92. The van der Waals surface area contributed by atoms with Gasteiger partial charge in [-0.05, 0) is 26.3 Å². The standard InChI is InChI=1S/C15H22F2N2O/c1-4-10(2)19-14(20)8-9-18-11(3)12-6-5-7-13(16)15(12)17/h5-7,10-11,18H,4,8-9H2,1-3H3,(H,19,20). The van der Waals surface area contributed by atoms with Crippen LogP contribution in [0.4, 0.5) is 8.78 Å². The van der Waals surface area contributed by atoms with Gasteiger partial charge in [-0.3, -0.25) is 4.79 Å². The molecule has 1 rings (SSSR count). The van der Waals surface area contributed by atoms with Crippen LogP contribution in [0.5, 0.6) is 0 Å². The highest BCUT2D eigenvalue weighted by atomic mass is 19.2. The van der Waals surface area contributed by atoms with Crippen molar-refractivity contribution in [3.05, 3.63) is 35.4 Å². The van der Waals surface area contributed by atoms with Gasteiger partial charge < -0.3 is 10.6 Å². The third-order valence-corrected chi connectivity index (χ3v) is 3.27. The van der Waals surface area contributed by atoms with E-state index in [-0.39, 0.29) is 23.6 Å². The van der Waals surface area contributed by atoms with Gasteiger partial charge in [-0.1, -0.05) is 19.1 Å². The highest BCUT2D eigenvalue weighted by molar-refractivity contribution is 5.76. The average Bonchev–Trinajstić information content (AvgIpc) is 2.41. The van der Waals surface area contributed by atoms with Gasteiger partial charge in [0.25, 0.3) is 0 Å². The summed E-state index contributed by atoms with van der Waals surface area (Å²) >= 11 is 0. The maximum atomic E-state index is 13.6. The van der Waals surface area contributed by atoms with Crippen molar-refractivity contribution < 1.29 is 13.6 Å². The summed E-state index contributed by atoms with van der Waals surface area (Å²) in [6.45, 7) is 6.10. The van der Waals surface area contributed by atoms with E-state index in [1.54, 1.807) is 6.92 Å². The number of nitrogens with one attached hydrogen (secondary N) is 2. The van der Waals surface area contributed by atoms with Gasteiger partial charge in [-0.25, -0.2) is 8.78 Å². The SMILES string of the molecule is CCC(C)NC(=O)CCNC(C)c1cccc(F)c1F. The van der Waals surface area contributed by atoms with E-state index in [1.807, 2.05) is 13.8 Å². The molecule has 0 bridgehead atoms. The largest absolute Gasteiger partial charge is 0.354 e. The molecule has 0 saturated carbocycles. The molecule has 0 aliphatic rings. The van der Waals surface area contributed by atoms with Gasteiger partial charge in [0.2, 0.25) is 5.91 Å². The van der Waals surface area contributed by atoms with Crippen LogP contribution in [0.3, 0.4) is 0 Å². The Balaban J connectivity index is 2.42. The Morgan fingerprint density at radius 3 is 2.65 bits per heavy atom. The summed E-state index contributed by atoms with van der Waals surface area (Å²) in [4.78, 5) is 11.6. The maximum Gasteiger partial charge on any atom is 0.221 e. The first-order chi connectivity index (χ1) is 9.45. The number of hydrogen-bond donors (Lipinski definition) is 2. The molecule has 1 aromatic rings. The molecule has 3 nitrogen and oxygen atoms in total.